The third kappa shape index (κ3) is 2.52. The van der Waals surface area contributed by atoms with Crippen molar-refractivity contribution < 1.29 is 9.90 Å². The van der Waals surface area contributed by atoms with E-state index in [-0.39, 0.29) is 23.5 Å². The summed E-state index contributed by atoms with van der Waals surface area (Å²) in [7, 11) is 0. The molecule has 1 aliphatic heterocycles. The van der Waals surface area contributed by atoms with Gasteiger partial charge in [-0.15, -0.1) is 0 Å². The lowest BCUT2D eigenvalue weighted by molar-refractivity contribution is -0.116. The number of nitrogens with one attached hydrogen (secondary N) is 1. The molecule has 0 radical (unpaired) electrons. The van der Waals surface area contributed by atoms with Gasteiger partial charge in [-0.25, -0.2) is 4.68 Å². The Labute approximate surface area is 162 Å². The van der Waals surface area contributed by atoms with E-state index < -0.39 is 0 Å². The number of hydrogen-bond donors (Lipinski definition) is 2. The molecule has 6 heteroatoms. The molecular formula is C22H20N4O2. The van der Waals surface area contributed by atoms with Gasteiger partial charge in [-0.05, 0) is 36.1 Å². The molecule has 0 unspecified atom stereocenters. The zero-order valence-corrected chi connectivity index (χ0v) is 15.5. The fourth-order valence-corrected chi connectivity index (χ4v) is 4.39. The number of nitrogens with zero attached hydrogens (tertiary/aromatic N) is 3. The second kappa shape index (κ2) is 6.34. The van der Waals surface area contributed by atoms with Crippen LogP contribution >= 0.6 is 0 Å². The van der Waals surface area contributed by atoms with Crippen LogP contribution < -0.4 is 5.32 Å². The van der Waals surface area contributed by atoms with E-state index in [1.165, 1.54) is 6.33 Å². The Kier molecular flexibility index (Phi) is 3.79. The number of anilines is 1. The van der Waals surface area contributed by atoms with Crippen LogP contribution in [0.15, 0.2) is 66.1 Å². The van der Waals surface area contributed by atoms with Gasteiger partial charge in [0.1, 0.15) is 18.1 Å². The summed E-state index contributed by atoms with van der Waals surface area (Å²) in [5, 5.41) is 18.0. The zero-order chi connectivity index (χ0) is 19.3. The van der Waals surface area contributed by atoms with Gasteiger partial charge in [-0.1, -0.05) is 42.5 Å². The van der Waals surface area contributed by atoms with E-state index in [0.717, 1.165) is 28.0 Å². The van der Waals surface area contributed by atoms with Crippen molar-refractivity contribution in [3.05, 3.63) is 82.8 Å². The van der Waals surface area contributed by atoms with Crippen molar-refractivity contribution >= 4 is 11.7 Å². The van der Waals surface area contributed by atoms with Gasteiger partial charge < -0.3 is 10.4 Å². The van der Waals surface area contributed by atoms with Crippen molar-refractivity contribution in [3.8, 4) is 5.75 Å². The predicted octanol–water partition coefficient (Wildman–Crippen LogP) is 3.71. The Morgan fingerprint density at radius 2 is 1.82 bits per heavy atom. The molecule has 2 aromatic carbocycles. The van der Waals surface area contributed by atoms with Gasteiger partial charge in [0.15, 0.2) is 5.78 Å². The van der Waals surface area contributed by atoms with E-state index in [2.05, 4.69) is 15.4 Å². The monoisotopic (exact) mass is 372 g/mol. The van der Waals surface area contributed by atoms with Gasteiger partial charge in [0.2, 0.25) is 5.95 Å². The highest BCUT2D eigenvalue weighted by atomic mass is 16.3. The number of aryl methyl sites for hydroxylation is 1. The van der Waals surface area contributed by atoms with Crippen LogP contribution in [0.1, 0.15) is 41.5 Å². The van der Waals surface area contributed by atoms with Crippen LogP contribution in [0.4, 0.5) is 5.95 Å². The number of carbonyl (C=O) groups is 1. The van der Waals surface area contributed by atoms with Gasteiger partial charge in [0.25, 0.3) is 0 Å². The summed E-state index contributed by atoms with van der Waals surface area (Å²) in [4.78, 5) is 17.6. The van der Waals surface area contributed by atoms with Crippen molar-refractivity contribution in [2.75, 3.05) is 5.32 Å². The highest BCUT2D eigenvalue weighted by Gasteiger charge is 2.40. The molecule has 0 fully saturated rings. The number of Topliss-reactive ketones (excluding diaryl/α,β-unsaturated/α-hetero) is 1. The number of hydrogen-bond acceptors (Lipinski definition) is 5. The number of phenols is 1. The molecule has 0 amide bonds. The summed E-state index contributed by atoms with van der Waals surface area (Å²) in [6, 6.07) is 15.0. The topological polar surface area (TPSA) is 80.0 Å². The standard InChI is InChI=1S/C22H20N4O2/c1-13-6-2-3-7-15(13)21-20-17(25-22-23-12-24-26(21)22)10-14(11-19(20)28)16-8-4-5-9-18(16)27/h2-9,12,14,21,27H,10-11H2,1H3,(H,23,24,25)/t14-,21-/m1/s1. The summed E-state index contributed by atoms with van der Waals surface area (Å²) in [6.45, 7) is 2.05. The maximum atomic E-state index is 13.3. The first-order valence-corrected chi connectivity index (χ1v) is 9.39. The fourth-order valence-electron chi connectivity index (χ4n) is 4.39. The second-order valence-electron chi connectivity index (χ2n) is 7.39. The molecule has 2 aliphatic rings. The SMILES string of the molecule is Cc1ccccc1[C@@H]1C2=C(C[C@@H](c3ccccc3O)CC2=O)Nc2ncnn21. The van der Waals surface area contributed by atoms with Crippen LogP contribution in [0.3, 0.4) is 0 Å². The predicted molar refractivity (Wildman–Crippen MR) is 105 cm³/mol. The maximum Gasteiger partial charge on any atom is 0.226 e. The van der Waals surface area contributed by atoms with Gasteiger partial charge in [0, 0.05) is 23.6 Å². The lowest BCUT2D eigenvalue weighted by Crippen LogP contribution is -2.33. The Bertz CT molecular complexity index is 1110. The molecule has 3 aromatic rings. The van der Waals surface area contributed by atoms with E-state index in [0.29, 0.717) is 18.8 Å². The van der Waals surface area contributed by atoms with Crippen LogP contribution in [-0.4, -0.2) is 25.7 Å². The smallest absolute Gasteiger partial charge is 0.226 e. The number of carbonyl (C=O) groups excluding carboxylic acids is 1. The summed E-state index contributed by atoms with van der Waals surface area (Å²) >= 11 is 0. The molecule has 2 atom stereocenters. The van der Waals surface area contributed by atoms with E-state index in [4.69, 9.17) is 0 Å². The summed E-state index contributed by atoms with van der Waals surface area (Å²) in [5.74, 6) is 0.889. The van der Waals surface area contributed by atoms with E-state index in [1.807, 2.05) is 43.3 Å². The van der Waals surface area contributed by atoms with Crippen molar-refractivity contribution in [1.82, 2.24) is 14.8 Å². The highest BCUT2D eigenvalue weighted by molar-refractivity contribution is 6.00. The molecule has 1 aliphatic carbocycles. The third-order valence-electron chi connectivity index (χ3n) is 5.72. The van der Waals surface area contributed by atoms with Gasteiger partial charge in [-0.3, -0.25) is 4.79 Å². The van der Waals surface area contributed by atoms with Gasteiger partial charge in [0.05, 0.1) is 0 Å². The molecule has 0 bridgehead atoms. The Morgan fingerprint density at radius 3 is 2.61 bits per heavy atom. The van der Waals surface area contributed by atoms with Crippen molar-refractivity contribution in [3.63, 3.8) is 0 Å². The lowest BCUT2D eigenvalue weighted by atomic mass is 9.77. The van der Waals surface area contributed by atoms with Crippen LogP contribution in [0.25, 0.3) is 0 Å². The molecule has 6 nitrogen and oxygen atoms in total. The number of aromatic nitrogens is 3. The number of rotatable bonds is 2. The minimum atomic E-state index is -0.284. The Hall–Kier alpha value is -3.41. The minimum Gasteiger partial charge on any atom is -0.508 e. The first-order valence-electron chi connectivity index (χ1n) is 9.39. The number of allylic oxidation sites excluding steroid dienone is 2. The number of ketones is 1. The molecule has 2 heterocycles. The molecule has 140 valence electrons. The fraction of sp³-hybridized carbons (Fsp3) is 0.227. The molecule has 28 heavy (non-hydrogen) atoms. The molecular weight excluding hydrogens is 352 g/mol. The molecule has 0 spiro atoms. The van der Waals surface area contributed by atoms with E-state index in [9.17, 15) is 9.90 Å². The average molecular weight is 372 g/mol. The number of benzene rings is 2. The Morgan fingerprint density at radius 1 is 1.07 bits per heavy atom. The van der Waals surface area contributed by atoms with Gasteiger partial charge in [-0.2, -0.15) is 10.1 Å². The first-order chi connectivity index (χ1) is 13.6. The van der Waals surface area contributed by atoms with Crippen LogP contribution in [-0.2, 0) is 4.79 Å². The quantitative estimate of drug-likeness (QED) is 0.717. The molecule has 5 rings (SSSR count). The average Bonchev–Trinajstić information content (AvgIpc) is 3.15. The number of phenolic OH excluding ortho intramolecular Hbond substituents is 1. The largest absolute Gasteiger partial charge is 0.508 e. The minimum absolute atomic E-state index is 0.0630. The number of para-hydroxylation sites is 1. The number of fused-ring (bicyclic) bond motifs is 1. The summed E-state index contributed by atoms with van der Waals surface area (Å²) < 4.78 is 1.79. The van der Waals surface area contributed by atoms with Crippen molar-refractivity contribution in [1.29, 1.82) is 0 Å². The zero-order valence-electron chi connectivity index (χ0n) is 15.5. The van der Waals surface area contributed by atoms with Crippen molar-refractivity contribution in [2.24, 2.45) is 0 Å². The molecule has 0 saturated carbocycles. The van der Waals surface area contributed by atoms with E-state index >= 15 is 0 Å². The Balaban J connectivity index is 1.63. The van der Waals surface area contributed by atoms with Gasteiger partial charge >= 0.3 is 0 Å². The van der Waals surface area contributed by atoms with Crippen LogP contribution in [0.5, 0.6) is 5.75 Å². The molecule has 2 N–H and O–H groups in total. The molecule has 0 saturated heterocycles. The highest BCUT2D eigenvalue weighted by Crippen LogP contribution is 2.45. The van der Waals surface area contributed by atoms with Crippen LogP contribution in [0, 0.1) is 6.92 Å². The third-order valence-corrected chi connectivity index (χ3v) is 5.72. The first kappa shape index (κ1) is 16.7. The lowest BCUT2D eigenvalue weighted by Gasteiger charge is -2.35. The summed E-state index contributed by atoms with van der Waals surface area (Å²) in [6.07, 6.45) is 2.52. The maximum absolute atomic E-state index is 13.3. The normalized spacial score (nSPS) is 21.1. The van der Waals surface area contributed by atoms with Crippen LogP contribution in [0.2, 0.25) is 0 Å². The second-order valence-corrected chi connectivity index (χ2v) is 7.39. The van der Waals surface area contributed by atoms with E-state index in [1.54, 1.807) is 16.8 Å². The summed E-state index contributed by atoms with van der Waals surface area (Å²) in [5.41, 5.74) is 4.59. The number of aromatic hydroxyl groups is 1. The molecule has 1 aromatic heterocycles. The van der Waals surface area contributed by atoms with Crippen molar-refractivity contribution in [2.45, 2.75) is 31.7 Å².